The summed E-state index contributed by atoms with van der Waals surface area (Å²) in [7, 11) is -4.61. The summed E-state index contributed by atoms with van der Waals surface area (Å²) in [5.74, 6) is 0. The second kappa shape index (κ2) is 7.08. The van der Waals surface area contributed by atoms with E-state index in [1.54, 1.807) is 0 Å². The van der Waals surface area contributed by atoms with Crippen LogP contribution in [0.3, 0.4) is 0 Å². The van der Waals surface area contributed by atoms with Gasteiger partial charge in [0.25, 0.3) is 0 Å². The highest BCUT2D eigenvalue weighted by molar-refractivity contribution is 7.80. The maximum absolute atomic E-state index is 10.2. The molecule has 1 aliphatic rings. The van der Waals surface area contributed by atoms with Gasteiger partial charge < -0.3 is 14.0 Å². The molecule has 7 heteroatoms. The van der Waals surface area contributed by atoms with Crippen LogP contribution < -0.4 is 0 Å². The Morgan fingerprint density at radius 1 is 1.31 bits per heavy atom. The molecule has 2 atom stereocenters. The topological polar surface area (TPSA) is 84.9 Å². The first-order valence-electron chi connectivity index (χ1n) is 4.84. The van der Waals surface area contributed by atoms with Crippen molar-refractivity contribution in [2.45, 2.75) is 32.0 Å². The summed E-state index contributed by atoms with van der Waals surface area (Å²) in [6.07, 6.45) is 1.15. The van der Waals surface area contributed by atoms with E-state index < -0.39 is 10.4 Å². The van der Waals surface area contributed by atoms with Crippen LogP contribution >= 0.6 is 0 Å². The van der Waals surface area contributed by atoms with Crippen LogP contribution in [0.5, 0.6) is 0 Å². The molecule has 0 amide bonds. The quantitative estimate of drug-likeness (QED) is 0.390. The van der Waals surface area contributed by atoms with Crippen molar-refractivity contribution < 1.29 is 26.6 Å². The van der Waals surface area contributed by atoms with Crippen molar-refractivity contribution >= 4 is 10.4 Å². The standard InChI is InChI=1S/C8H16O6S.CH3/c1-2-12-5-7-3-4-8(14-7)6-13-15(9,10)11;/h7-8H,2-6H2,1H3,(H,9,10,11);1H3/q;+1/p-1. The van der Waals surface area contributed by atoms with E-state index in [0.29, 0.717) is 19.6 Å². The average Bonchev–Trinajstić information content (AvgIpc) is 2.58. The monoisotopic (exact) mass is 254 g/mol. The Labute approximate surface area is 96.8 Å². The maximum atomic E-state index is 10.2. The van der Waals surface area contributed by atoms with Gasteiger partial charge in [-0.1, -0.05) is 0 Å². The summed E-state index contributed by atoms with van der Waals surface area (Å²) >= 11 is 0. The van der Waals surface area contributed by atoms with Gasteiger partial charge >= 0.3 is 0 Å². The fraction of sp³-hybridized carbons (Fsp3) is 0.889. The predicted molar refractivity (Wildman–Crippen MR) is 56.5 cm³/mol. The van der Waals surface area contributed by atoms with Gasteiger partial charge in [-0.3, -0.25) is 4.18 Å². The summed E-state index contributed by atoms with van der Waals surface area (Å²) < 4.78 is 45.2. The van der Waals surface area contributed by atoms with E-state index >= 15 is 0 Å². The first-order chi connectivity index (χ1) is 7.01. The molecule has 0 saturated carbocycles. The zero-order chi connectivity index (χ0) is 11.3. The van der Waals surface area contributed by atoms with Crippen molar-refractivity contribution in [3.05, 3.63) is 7.43 Å². The molecule has 0 radical (unpaired) electrons. The van der Waals surface area contributed by atoms with Gasteiger partial charge in [-0.2, -0.15) is 0 Å². The number of hydrogen-bond donors (Lipinski definition) is 0. The van der Waals surface area contributed by atoms with Gasteiger partial charge in [0, 0.05) is 14.0 Å². The SMILES string of the molecule is CCOCC1CCC(COS(=O)(=O)[O-])O1.[CH3+]. The number of hydrogen-bond acceptors (Lipinski definition) is 6. The minimum absolute atomic E-state index is 0. The Morgan fingerprint density at radius 2 is 1.88 bits per heavy atom. The third-order valence-corrected chi connectivity index (χ3v) is 2.53. The molecule has 6 nitrogen and oxygen atoms in total. The molecule has 0 N–H and O–H groups in total. The van der Waals surface area contributed by atoms with Crippen molar-refractivity contribution in [1.82, 2.24) is 0 Å². The third kappa shape index (κ3) is 6.29. The third-order valence-electron chi connectivity index (χ3n) is 2.10. The Kier molecular flexibility index (Phi) is 6.93. The highest BCUT2D eigenvalue weighted by Crippen LogP contribution is 2.20. The number of rotatable bonds is 6. The number of ether oxygens (including phenoxy) is 2. The first kappa shape index (κ1) is 15.7. The summed E-state index contributed by atoms with van der Waals surface area (Å²) in [5, 5.41) is 0. The van der Waals surface area contributed by atoms with E-state index in [1.165, 1.54) is 0 Å². The lowest BCUT2D eigenvalue weighted by atomic mass is 10.2. The second-order valence-electron chi connectivity index (χ2n) is 3.31. The Bertz CT molecular complexity index is 276. The molecule has 0 bridgehead atoms. The Morgan fingerprint density at radius 3 is 2.38 bits per heavy atom. The molecular weight excluding hydrogens is 236 g/mol. The van der Waals surface area contributed by atoms with Crippen molar-refractivity contribution in [2.75, 3.05) is 19.8 Å². The minimum Gasteiger partial charge on any atom is -0.726 e. The van der Waals surface area contributed by atoms with Gasteiger partial charge in [0.15, 0.2) is 0 Å². The van der Waals surface area contributed by atoms with Crippen LogP contribution in [0, 0.1) is 7.43 Å². The zero-order valence-corrected chi connectivity index (χ0v) is 10.4. The molecule has 0 aromatic carbocycles. The van der Waals surface area contributed by atoms with E-state index in [1.807, 2.05) is 6.92 Å². The van der Waals surface area contributed by atoms with Crippen LogP contribution in [-0.4, -0.2) is 45.0 Å². The minimum atomic E-state index is -4.61. The predicted octanol–water partition coefficient (Wildman–Crippen LogP) is 0.498. The molecule has 16 heavy (non-hydrogen) atoms. The largest absolute Gasteiger partial charge is 0.726 e. The molecular formula is C9H18O6S. The molecule has 0 spiro atoms. The van der Waals surface area contributed by atoms with E-state index in [4.69, 9.17) is 9.47 Å². The van der Waals surface area contributed by atoms with Gasteiger partial charge in [0.2, 0.25) is 10.4 Å². The normalized spacial score (nSPS) is 25.4. The lowest BCUT2D eigenvalue weighted by molar-refractivity contribution is -0.0262. The van der Waals surface area contributed by atoms with Crippen molar-refractivity contribution in [3.63, 3.8) is 0 Å². The molecule has 1 aliphatic heterocycles. The van der Waals surface area contributed by atoms with Crippen LogP contribution in [0.4, 0.5) is 0 Å². The molecule has 2 unspecified atom stereocenters. The zero-order valence-electron chi connectivity index (χ0n) is 9.55. The van der Waals surface area contributed by atoms with E-state index in [-0.39, 0.29) is 26.2 Å². The molecule has 0 aromatic heterocycles. The maximum Gasteiger partial charge on any atom is 0.217 e. The van der Waals surface area contributed by atoms with Crippen molar-refractivity contribution in [3.8, 4) is 0 Å². The second-order valence-corrected chi connectivity index (χ2v) is 4.36. The van der Waals surface area contributed by atoms with Gasteiger partial charge in [-0.15, -0.1) is 0 Å². The molecule has 0 aliphatic carbocycles. The van der Waals surface area contributed by atoms with E-state index in [9.17, 15) is 13.0 Å². The van der Waals surface area contributed by atoms with E-state index in [2.05, 4.69) is 4.18 Å². The smallest absolute Gasteiger partial charge is 0.217 e. The highest BCUT2D eigenvalue weighted by atomic mass is 32.3. The first-order valence-corrected chi connectivity index (χ1v) is 6.18. The summed E-state index contributed by atoms with van der Waals surface area (Å²) in [6.45, 7) is 2.81. The van der Waals surface area contributed by atoms with Crippen LogP contribution in [-0.2, 0) is 24.1 Å². The molecule has 0 aromatic rings. The lowest BCUT2D eigenvalue weighted by Crippen LogP contribution is -2.21. The van der Waals surface area contributed by atoms with E-state index in [0.717, 1.165) is 6.42 Å². The molecule has 1 rings (SSSR count). The average molecular weight is 254 g/mol. The molecule has 1 saturated heterocycles. The van der Waals surface area contributed by atoms with Crippen molar-refractivity contribution in [1.29, 1.82) is 0 Å². The summed E-state index contributed by atoms with van der Waals surface area (Å²) in [6, 6.07) is 0. The van der Waals surface area contributed by atoms with Gasteiger partial charge in [0.1, 0.15) is 0 Å². The molecule has 96 valence electrons. The Balaban J connectivity index is 0.00000225. The van der Waals surface area contributed by atoms with Gasteiger partial charge in [0.05, 0.1) is 25.4 Å². The Hall–Kier alpha value is -0.340. The van der Waals surface area contributed by atoms with Gasteiger partial charge in [-0.25, -0.2) is 8.42 Å². The van der Waals surface area contributed by atoms with Crippen LogP contribution in [0.15, 0.2) is 0 Å². The van der Waals surface area contributed by atoms with Crippen molar-refractivity contribution in [2.24, 2.45) is 0 Å². The summed E-state index contributed by atoms with van der Waals surface area (Å²) in [4.78, 5) is 0. The van der Waals surface area contributed by atoms with Crippen LogP contribution in [0.2, 0.25) is 0 Å². The van der Waals surface area contributed by atoms with Crippen LogP contribution in [0.1, 0.15) is 19.8 Å². The lowest BCUT2D eigenvalue weighted by Gasteiger charge is -2.14. The van der Waals surface area contributed by atoms with Crippen LogP contribution in [0.25, 0.3) is 0 Å². The molecule has 1 heterocycles. The fourth-order valence-electron chi connectivity index (χ4n) is 1.43. The highest BCUT2D eigenvalue weighted by Gasteiger charge is 2.25. The fourth-order valence-corrected chi connectivity index (χ4v) is 1.75. The van der Waals surface area contributed by atoms with Gasteiger partial charge in [-0.05, 0) is 19.8 Å². The molecule has 1 fully saturated rings. The summed E-state index contributed by atoms with van der Waals surface area (Å²) in [5.41, 5.74) is 0.